The van der Waals surface area contributed by atoms with Gasteiger partial charge in [-0.2, -0.15) is 5.10 Å². The van der Waals surface area contributed by atoms with Crippen LogP contribution in [0, 0.1) is 11.8 Å². The first-order valence-corrected chi connectivity index (χ1v) is 8.78. The molecule has 2 aliphatic rings. The summed E-state index contributed by atoms with van der Waals surface area (Å²) in [5.41, 5.74) is 4.07. The van der Waals surface area contributed by atoms with Crippen LogP contribution in [0.5, 0.6) is 0 Å². The highest BCUT2D eigenvalue weighted by atomic mass is 32.1. The lowest BCUT2D eigenvalue weighted by molar-refractivity contribution is 0.389. The summed E-state index contributed by atoms with van der Waals surface area (Å²) in [4.78, 5) is 0. The lowest BCUT2D eigenvalue weighted by Crippen LogP contribution is -2.42. The van der Waals surface area contributed by atoms with Gasteiger partial charge in [-0.1, -0.05) is 48.9 Å². The van der Waals surface area contributed by atoms with Crippen molar-refractivity contribution < 1.29 is 0 Å². The van der Waals surface area contributed by atoms with Gasteiger partial charge in [0.2, 0.25) is 0 Å². The van der Waals surface area contributed by atoms with Crippen LogP contribution in [0.3, 0.4) is 0 Å². The summed E-state index contributed by atoms with van der Waals surface area (Å²) in [5.74, 6) is 1.72. The van der Waals surface area contributed by atoms with Gasteiger partial charge in [0.05, 0.1) is 6.21 Å². The topological polar surface area (TPSA) is 36.4 Å². The third-order valence-electron chi connectivity index (χ3n) is 5.25. The van der Waals surface area contributed by atoms with E-state index in [1.54, 1.807) is 0 Å². The Labute approximate surface area is 142 Å². The van der Waals surface area contributed by atoms with Gasteiger partial charge in [-0.25, -0.2) is 0 Å². The molecule has 0 heterocycles. The maximum Gasteiger partial charge on any atom is 0.187 e. The van der Waals surface area contributed by atoms with Gasteiger partial charge >= 0.3 is 0 Å². The fourth-order valence-corrected chi connectivity index (χ4v) is 4.35. The summed E-state index contributed by atoms with van der Waals surface area (Å²) in [6.45, 7) is 0. The highest BCUT2D eigenvalue weighted by Crippen LogP contribution is 2.44. The van der Waals surface area contributed by atoms with Gasteiger partial charge in [-0.05, 0) is 54.1 Å². The zero-order chi connectivity index (χ0) is 15.6. The summed E-state index contributed by atoms with van der Waals surface area (Å²) in [7, 11) is 0. The number of nitrogens with one attached hydrogen (secondary N) is 2. The number of fused-ring (bicyclic) bond motifs is 3. The lowest BCUT2D eigenvalue weighted by Gasteiger charge is -2.23. The van der Waals surface area contributed by atoms with Crippen molar-refractivity contribution in [1.82, 2.24) is 10.7 Å². The van der Waals surface area contributed by atoms with E-state index in [1.165, 1.54) is 36.5 Å². The van der Waals surface area contributed by atoms with Gasteiger partial charge in [0.1, 0.15) is 0 Å². The van der Waals surface area contributed by atoms with E-state index in [1.807, 2.05) is 6.21 Å². The van der Waals surface area contributed by atoms with Crippen LogP contribution >= 0.6 is 12.2 Å². The molecule has 2 saturated carbocycles. The zero-order valence-electron chi connectivity index (χ0n) is 13.0. The van der Waals surface area contributed by atoms with Gasteiger partial charge < -0.3 is 5.32 Å². The van der Waals surface area contributed by atoms with Gasteiger partial charge in [0.15, 0.2) is 5.11 Å². The average molecular weight is 323 g/mol. The SMILES string of the molecule is S=C(N/N=C\c1cccc2ccccc12)N[C@H]1C[C@H]2CC[C@@H]1C2. The third kappa shape index (κ3) is 3.08. The van der Waals surface area contributed by atoms with Crippen LogP contribution in [0.15, 0.2) is 47.6 Å². The van der Waals surface area contributed by atoms with E-state index in [9.17, 15) is 0 Å². The Hall–Kier alpha value is -1.94. The standard InChI is InChI=1S/C19H21N3S/c23-19(21-18-11-13-8-9-15(18)10-13)22-20-12-16-6-3-5-14-4-1-2-7-17(14)16/h1-7,12-13,15,18H,8-11H2,(H2,21,22,23)/b20-12-/t13-,15+,18-/m0/s1. The molecule has 0 aromatic heterocycles. The Morgan fingerprint density at radius 1 is 1.09 bits per heavy atom. The summed E-state index contributed by atoms with van der Waals surface area (Å²) >= 11 is 5.38. The molecule has 2 aliphatic carbocycles. The van der Waals surface area contributed by atoms with E-state index in [0.29, 0.717) is 11.2 Å². The summed E-state index contributed by atoms with van der Waals surface area (Å²) in [6, 6.07) is 15.1. The Bertz CT molecular complexity index is 750. The fraction of sp³-hybridized carbons (Fsp3) is 0.368. The summed E-state index contributed by atoms with van der Waals surface area (Å²) in [5, 5.41) is 10.8. The molecule has 4 rings (SSSR count). The minimum atomic E-state index is 0.543. The molecule has 0 unspecified atom stereocenters. The van der Waals surface area contributed by atoms with Crippen LogP contribution in [0.25, 0.3) is 10.8 Å². The molecule has 2 aromatic carbocycles. The van der Waals surface area contributed by atoms with E-state index in [-0.39, 0.29) is 0 Å². The van der Waals surface area contributed by atoms with Crippen molar-refractivity contribution >= 4 is 34.3 Å². The van der Waals surface area contributed by atoms with E-state index < -0.39 is 0 Å². The smallest absolute Gasteiger partial charge is 0.187 e. The molecule has 0 saturated heterocycles. The Balaban J connectivity index is 1.38. The molecule has 3 nitrogen and oxygen atoms in total. The molecular weight excluding hydrogens is 302 g/mol. The monoisotopic (exact) mass is 323 g/mol. The molecule has 2 bridgehead atoms. The molecule has 2 fully saturated rings. The van der Waals surface area contributed by atoms with Crippen molar-refractivity contribution in [3.8, 4) is 0 Å². The number of thiocarbonyl (C=S) groups is 1. The molecule has 3 atom stereocenters. The molecule has 4 heteroatoms. The second-order valence-electron chi connectivity index (χ2n) is 6.69. The summed E-state index contributed by atoms with van der Waals surface area (Å²) < 4.78 is 0. The van der Waals surface area contributed by atoms with E-state index in [0.717, 1.165) is 17.4 Å². The van der Waals surface area contributed by atoms with Crippen LogP contribution in [0.2, 0.25) is 0 Å². The van der Waals surface area contributed by atoms with Gasteiger partial charge in [-0.15, -0.1) is 0 Å². The first-order chi connectivity index (χ1) is 11.3. The molecule has 0 radical (unpaired) electrons. The predicted octanol–water partition coefficient (Wildman–Crippen LogP) is 3.83. The Kier molecular flexibility index (Phi) is 4.00. The predicted molar refractivity (Wildman–Crippen MR) is 99.6 cm³/mol. The number of hydrazone groups is 1. The van der Waals surface area contributed by atoms with Gasteiger partial charge in [0.25, 0.3) is 0 Å². The molecule has 23 heavy (non-hydrogen) atoms. The highest BCUT2D eigenvalue weighted by Gasteiger charge is 2.39. The van der Waals surface area contributed by atoms with Crippen LogP contribution in [0.1, 0.15) is 31.2 Å². The highest BCUT2D eigenvalue weighted by molar-refractivity contribution is 7.80. The average Bonchev–Trinajstić information content (AvgIpc) is 3.18. The fourth-order valence-electron chi connectivity index (χ4n) is 4.15. The Morgan fingerprint density at radius 3 is 2.78 bits per heavy atom. The molecule has 0 amide bonds. The zero-order valence-corrected chi connectivity index (χ0v) is 13.9. The van der Waals surface area contributed by atoms with E-state index >= 15 is 0 Å². The van der Waals surface area contributed by atoms with Crippen molar-refractivity contribution in [2.75, 3.05) is 0 Å². The van der Waals surface area contributed by atoms with Crippen molar-refractivity contribution in [3.05, 3.63) is 48.0 Å². The summed E-state index contributed by atoms with van der Waals surface area (Å²) in [6.07, 6.45) is 7.24. The van der Waals surface area contributed by atoms with Crippen molar-refractivity contribution in [2.24, 2.45) is 16.9 Å². The second-order valence-corrected chi connectivity index (χ2v) is 7.10. The van der Waals surface area contributed by atoms with Gasteiger partial charge in [-0.3, -0.25) is 5.43 Å². The number of hydrogen-bond acceptors (Lipinski definition) is 2. The maximum absolute atomic E-state index is 5.38. The largest absolute Gasteiger partial charge is 0.358 e. The van der Waals surface area contributed by atoms with Gasteiger partial charge in [0, 0.05) is 11.6 Å². The van der Waals surface area contributed by atoms with Crippen LogP contribution < -0.4 is 10.7 Å². The van der Waals surface area contributed by atoms with Crippen LogP contribution in [-0.2, 0) is 0 Å². The normalized spacial score (nSPS) is 26.0. The van der Waals surface area contributed by atoms with Crippen molar-refractivity contribution in [3.63, 3.8) is 0 Å². The molecular formula is C19H21N3S. The number of nitrogens with zero attached hydrogens (tertiary/aromatic N) is 1. The number of rotatable bonds is 3. The van der Waals surface area contributed by atoms with Crippen molar-refractivity contribution in [2.45, 2.75) is 31.7 Å². The quantitative estimate of drug-likeness (QED) is 0.512. The van der Waals surface area contributed by atoms with Crippen LogP contribution in [-0.4, -0.2) is 17.4 Å². The molecule has 0 spiro atoms. The lowest BCUT2D eigenvalue weighted by atomic mass is 9.96. The molecule has 118 valence electrons. The number of hydrogen-bond donors (Lipinski definition) is 2. The van der Waals surface area contributed by atoms with E-state index in [4.69, 9.17) is 12.2 Å². The first kappa shape index (κ1) is 14.6. The minimum absolute atomic E-state index is 0.543. The maximum atomic E-state index is 5.38. The van der Waals surface area contributed by atoms with Crippen molar-refractivity contribution in [1.29, 1.82) is 0 Å². The number of benzene rings is 2. The first-order valence-electron chi connectivity index (χ1n) is 8.37. The van der Waals surface area contributed by atoms with E-state index in [2.05, 4.69) is 58.3 Å². The van der Waals surface area contributed by atoms with Crippen LogP contribution in [0.4, 0.5) is 0 Å². The Morgan fingerprint density at radius 2 is 1.96 bits per heavy atom. The second kappa shape index (κ2) is 6.28. The third-order valence-corrected chi connectivity index (χ3v) is 5.46. The molecule has 2 N–H and O–H groups in total. The molecule has 2 aromatic rings. The molecule has 0 aliphatic heterocycles. The minimum Gasteiger partial charge on any atom is -0.358 e.